The summed E-state index contributed by atoms with van der Waals surface area (Å²) in [6.45, 7) is 5.59. The van der Waals surface area contributed by atoms with E-state index in [9.17, 15) is 9.90 Å². The van der Waals surface area contributed by atoms with Gasteiger partial charge in [0.2, 0.25) is 0 Å². The monoisotopic (exact) mass is 308 g/mol. The molecule has 5 nitrogen and oxygen atoms in total. The summed E-state index contributed by atoms with van der Waals surface area (Å²) < 4.78 is 16.6. The van der Waals surface area contributed by atoms with Crippen LogP contribution in [0.15, 0.2) is 24.3 Å². The number of ether oxygens (including phenoxy) is 3. The van der Waals surface area contributed by atoms with Gasteiger partial charge in [-0.15, -0.1) is 0 Å². The van der Waals surface area contributed by atoms with Gasteiger partial charge in [-0.2, -0.15) is 0 Å². The van der Waals surface area contributed by atoms with Crippen molar-refractivity contribution in [3.8, 4) is 5.75 Å². The van der Waals surface area contributed by atoms with E-state index in [2.05, 4.69) is 0 Å². The highest BCUT2D eigenvalue weighted by atomic mass is 16.7. The molecule has 0 aliphatic carbocycles. The molecule has 0 saturated carbocycles. The summed E-state index contributed by atoms with van der Waals surface area (Å²) in [5, 5.41) is 9.97. The molecule has 1 fully saturated rings. The first-order valence-electron chi connectivity index (χ1n) is 7.69. The number of aliphatic hydroxyl groups is 1. The van der Waals surface area contributed by atoms with Crippen molar-refractivity contribution in [1.29, 1.82) is 0 Å². The third-order valence-electron chi connectivity index (χ3n) is 3.60. The first-order valence-corrected chi connectivity index (χ1v) is 7.69. The molecule has 0 radical (unpaired) electrons. The van der Waals surface area contributed by atoms with Crippen LogP contribution in [-0.4, -0.2) is 36.2 Å². The van der Waals surface area contributed by atoms with E-state index in [1.807, 2.05) is 31.2 Å². The second-order valence-electron chi connectivity index (χ2n) is 5.96. The molecule has 1 aliphatic rings. The van der Waals surface area contributed by atoms with Crippen molar-refractivity contribution >= 4 is 5.97 Å². The summed E-state index contributed by atoms with van der Waals surface area (Å²) in [5.41, 5.74) is 1.16. The van der Waals surface area contributed by atoms with Gasteiger partial charge < -0.3 is 19.3 Å². The predicted octanol–water partition coefficient (Wildman–Crippen LogP) is 2.44. The molecule has 0 unspecified atom stereocenters. The van der Waals surface area contributed by atoms with Crippen LogP contribution in [0.25, 0.3) is 0 Å². The SMILES string of the molecule is Cc1ccc(O[C@@H]2CC[C@H](O)[C@@H](COC(=O)C(C)C)O2)cc1. The second-order valence-corrected chi connectivity index (χ2v) is 5.96. The van der Waals surface area contributed by atoms with Crippen molar-refractivity contribution in [2.45, 2.75) is 52.1 Å². The van der Waals surface area contributed by atoms with E-state index in [1.165, 1.54) is 0 Å². The minimum atomic E-state index is -0.641. The molecule has 1 saturated heterocycles. The third kappa shape index (κ3) is 4.71. The van der Waals surface area contributed by atoms with Gasteiger partial charge in [-0.05, 0) is 25.5 Å². The fourth-order valence-corrected chi connectivity index (χ4v) is 2.18. The van der Waals surface area contributed by atoms with Crippen LogP contribution < -0.4 is 4.74 Å². The predicted molar refractivity (Wildman–Crippen MR) is 81.5 cm³/mol. The van der Waals surface area contributed by atoms with Crippen molar-refractivity contribution in [2.75, 3.05) is 6.61 Å². The van der Waals surface area contributed by atoms with Crippen LogP contribution >= 0.6 is 0 Å². The van der Waals surface area contributed by atoms with Crippen LogP contribution in [0.1, 0.15) is 32.3 Å². The Balaban J connectivity index is 1.87. The van der Waals surface area contributed by atoms with E-state index < -0.39 is 18.5 Å². The van der Waals surface area contributed by atoms with E-state index in [-0.39, 0.29) is 18.5 Å². The Morgan fingerprint density at radius 3 is 2.64 bits per heavy atom. The molecule has 1 aromatic carbocycles. The number of esters is 1. The highest BCUT2D eigenvalue weighted by molar-refractivity contribution is 5.71. The minimum Gasteiger partial charge on any atom is -0.465 e. The fraction of sp³-hybridized carbons (Fsp3) is 0.588. The van der Waals surface area contributed by atoms with Gasteiger partial charge in [0.15, 0.2) is 6.29 Å². The lowest BCUT2D eigenvalue weighted by atomic mass is 10.1. The van der Waals surface area contributed by atoms with Gasteiger partial charge in [-0.1, -0.05) is 31.5 Å². The molecule has 122 valence electrons. The van der Waals surface area contributed by atoms with E-state index in [4.69, 9.17) is 14.2 Å². The van der Waals surface area contributed by atoms with Crippen molar-refractivity contribution in [3.63, 3.8) is 0 Å². The van der Waals surface area contributed by atoms with Crippen LogP contribution in [0.5, 0.6) is 5.75 Å². The maximum absolute atomic E-state index is 11.5. The zero-order valence-corrected chi connectivity index (χ0v) is 13.3. The number of carbonyl (C=O) groups excluding carboxylic acids is 1. The maximum Gasteiger partial charge on any atom is 0.308 e. The standard InChI is InChI=1S/C17H24O5/c1-11(2)17(19)20-10-15-14(18)8-9-16(22-15)21-13-6-4-12(3)5-7-13/h4-7,11,14-16,18H,8-10H2,1-3H3/t14-,15+,16-/m0/s1. The molecule has 1 aliphatic heterocycles. The number of hydrogen-bond donors (Lipinski definition) is 1. The maximum atomic E-state index is 11.5. The Morgan fingerprint density at radius 2 is 2.00 bits per heavy atom. The van der Waals surface area contributed by atoms with Crippen LogP contribution in [0, 0.1) is 12.8 Å². The second kappa shape index (κ2) is 7.61. The summed E-state index contributed by atoms with van der Waals surface area (Å²) in [7, 11) is 0. The van der Waals surface area contributed by atoms with Crippen LogP contribution in [-0.2, 0) is 14.3 Å². The molecule has 0 aromatic heterocycles. The first kappa shape index (κ1) is 16.8. The zero-order valence-electron chi connectivity index (χ0n) is 13.3. The molecule has 0 spiro atoms. The number of benzene rings is 1. The van der Waals surface area contributed by atoms with E-state index in [0.717, 1.165) is 11.3 Å². The Bertz CT molecular complexity index is 482. The molecule has 5 heteroatoms. The van der Waals surface area contributed by atoms with Crippen molar-refractivity contribution in [3.05, 3.63) is 29.8 Å². The van der Waals surface area contributed by atoms with Gasteiger partial charge in [0.25, 0.3) is 0 Å². The normalized spacial score (nSPS) is 25.0. The van der Waals surface area contributed by atoms with Gasteiger partial charge in [0.05, 0.1) is 12.0 Å². The first-order chi connectivity index (χ1) is 10.5. The average Bonchev–Trinajstić information content (AvgIpc) is 2.49. The molecule has 22 heavy (non-hydrogen) atoms. The van der Waals surface area contributed by atoms with Gasteiger partial charge in [-0.3, -0.25) is 4.79 Å². The van der Waals surface area contributed by atoms with Gasteiger partial charge in [0.1, 0.15) is 18.5 Å². The van der Waals surface area contributed by atoms with Crippen molar-refractivity contribution < 1.29 is 24.1 Å². The molecule has 0 bridgehead atoms. The highest BCUT2D eigenvalue weighted by Crippen LogP contribution is 2.23. The van der Waals surface area contributed by atoms with E-state index in [1.54, 1.807) is 13.8 Å². The molecule has 1 heterocycles. The average molecular weight is 308 g/mol. The molecule has 3 atom stereocenters. The number of aryl methyl sites for hydroxylation is 1. The van der Waals surface area contributed by atoms with Gasteiger partial charge >= 0.3 is 5.97 Å². The molecular formula is C17H24O5. The third-order valence-corrected chi connectivity index (χ3v) is 3.60. The highest BCUT2D eigenvalue weighted by Gasteiger charge is 2.32. The fourth-order valence-electron chi connectivity index (χ4n) is 2.18. The molecule has 1 aromatic rings. The minimum absolute atomic E-state index is 0.0476. The summed E-state index contributed by atoms with van der Waals surface area (Å²) in [6, 6.07) is 7.71. The van der Waals surface area contributed by atoms with Crippen molar-refractivity contribution in [2.24, 2.45) is 5.92 Å². The Hall–Kier alpha value is -1.59. The van der Waals surface area contributed by atoms with E-state index >= 15 is 0 Å². The molecule has 2 rings (SSSR count). The topological polar surface area (TPSA) is 65.0 Å². The van der Waals surface area contributed by atoms with Crippen molar-refractivity contribution in [1.82, 2.24) is 0 Å². The van der Waals surface area contributed by atoms with Crippen LogP contribution in [0.2, 0.25) is 0 Å². The smallest absolute Gasteiger partial charge is 0.308 e. The summed E-state index contributed by atoms with van der Waals surface area (Å²) in [5.74, 6) is 0.239. The van der Waals surface area contributed by atoms with E-state index in [0.29, 0.717) is 12.8 Å². The Labute approximate surface area is 131 Å². The van der Waals surface area contributed by atoms with Crippen LogP contribution in [0.4, 0.5) is 0 Å². The Morgan fingerprint density at radius 1 is 1.32 bits per heavy atom. The van der Waals surface area contributed by atoms with Gasteiger partial charge in [0, 0.05) is 6.42 Å². The molecular weight excluding hydrogens is 284 g/mol. The summed E-state index contributed by atoms with van der Waals surface area (Å²) in [6.07, 6.45) is -0.469. The quantitative estimate of drug-likeness (QED) is 0.846. The number of hydrogen-bond acceptors (Lipinski definition) is 5. The number of rotatable bonds is 5. The largest absolute Gasteiger partial charge is 0.465 e. The summed E-state index contributed by atoms with van der Waals surface area (Å²) >= 11 is 0. The molecule has 0 amide bonds. The van der Waals surface area contributed by atoms with Gasteiger partial charge in [-0.25, -0.2) is 0 Å². The lowest BCUT2D eigenvalue weighted by Crippen LogP contribution is -2.44. The Kier molecular flexibility index (Phi) is 5.80. The number of carbonyl (C=O) groups is 1. The molecule has 1 N–H and O–H groups in total. The summed E-state index contributed by atoms with van der Waals surface area (Å²) in [4.78, 5) is 11.5. The van der Waals surface area contributed by atoms with Crippen LogP contribution in [0.3, 0.4) is 0 Å². The number of aliphatic hydroxyl groups excluding tert-OH is 1. The zero-order chi connectivity index (χ0) is 16.1. The lowest BCUT2D eigenvalue weighted by Gasteiger charge is -2.33. The lowest BCUT2D eigenvalue weighted by molar-refractivity contribution is -0.204.